The number of rotatable bonds is 1. The molecule has 1 aromatic carbocycles. The van der Waals surface area contributed by atoms with Gasteiger partial charge in [-0.2, -0.15) is 0 Å². The molecule has 1 aliphatic carbocycles. The molecule has 0 aromatic heterocycles. The second kappa shape index (κ2) is 5.04. The van der Waals surface area contributed by atoms with Gasteiger partial charge in [-0.3, -0.25) is 0 Å². The van der Waals surface area contributed by atoms with Crippen LogP contribution in [-0.2, 0) is 4.74 Å². The van der Waals surface area contributed by atoms with Crippen molar-refractivity contribution in [2.24, 2.45) is 5.92 Å². The van der Waals surface area contributed by atoms with E-state index >= 15 is 0 Å². The Kier molecular flexibility index (Phi) is 3.31. The lowest BCUT2D eigenvalue weighted by molar-refractivity contribution is 0.00797. The third kappa shape index (κ3) is 2.78. The normalized spacial score (nSPS) is 26.3. The molecule has 2 unspecified atom stereocenters. The van der Waals surface area contributed by atoms with Crippen LogP contribution in [0.3, 0.4) is 0 Å². The van der Waals surface area contributed by atoms with Crippen molar-refractivity contribution in [1.82, 2.24) is 4.90 Å². The molecule has 5 heteroatoms. The van der Waals surface area contributed by atoms with Crippen molar-refractivity contribution >= 4 is 23.4 Å². The van der Waals surface area contributed by atoms with E-state index in [9.17, 15) is 4.79 Å². The number of benzene rings is 1. The maximum Gasteiger partial charge on any atom is 0.410 e. The standard InChI is InChI=1S/C18H23ClN2O2/c1-18(2,3)23-17(22)20-9-13(10-20)21-8-11-6-14(11)15-7-12(19)4-5-16(15)21/h4-5,7,11,13-14H,6,8-10H2,1-3H3. The van der Waals surface area contributed by atoms with Gasteiger partial charge in [-0.25, -0.2) is 4.79 Å². The van der Waals surface area contributed by atoms with Crippen molar-refractivity contribution in [3.63, 3.8) is 0 Å². The average Bonchev–Trinajstić information content (AvgIpc) is 3.14. The highest BCUT2D eigenvalue weighted by atomic mass is 35.5. The van der Waals surface area contributed by atoms with Gasteiger partial charge in [0.15, 0.2) is 0 Å². The van der Waals surface area contributed by atoms with Gasteiger partial charge in [0.05, 0.1) is 6.04 Å². The predicted octanol–water partition coefficient (Wildman–Crippen LogP) is 3.88. The second-order valence-electron chi connectivity index (χ2n) is 8.00. The zero-order chi connectivity index (χ0) is 16.4. The molecule has 0 N–H and O–H groups in total. The number of carbonyl (C=O) groups is 1. The summed E-state index contributed by atoms with van der Waals surface area (Å²) < 4.78 is 5.44. The third-order valence-corrected chi connectivity index (χ3v) is 5.24. The van der Waals surface area contributed by atoms with Gasteiger partial charge in [0.1, 0.15) is 5.60 Å². The van der Waals surface area contributed by atoms with Gasteiger partial charge in [-0.15, -0.1) is 0 Å². The molecule has 1 saturated carbocycles. The Morgan fingerprint density at radius 2 is 2.00 bits per heavy atom. The second-order valence-corrected chi connectivity index (χ2v) is 8.43. The van der Waals surface area contributed by atoms with Crippen LogP contribution in [0.15, 0.2) is 18.2 Å². The Balaban J connectivity index is 1.45. The molecule has 0 spiro atoms. The van der Waals surface area contributed by atoms with Crippen LogP contribution in [0.5, 0.6) is 0 Å². The molecule has 2 aliphatic heterocycles. The van der Waals surface area contributed by atoms with Crippen molar-refractivity contribution < 1.29 is 9.53 Å². The molecule has 1 aromatic rings. The highest BCUT2D eigenvalue weighted by Gasteiger charge is 2.48. The van der Waals surface area contributed by atoms with Crippen LogP contribution in [0.2, 0.25) is 5.02 Å². The van der Waals surface area contributed by atoms with Crippen molar-refractivity contribution in [1.29, 1.82) is 0 Å². The van der Waals surface area contributed by atoms with Crippen molar-refractivity contribution in [3.8, 4) is 0 Å². The minimum Gasteiger partial charge on any atom is -0.444 e. The number of fused-ring (bicyclic) bond motifs is 3. The molecule has 0 bridgehead atoms. The number of hydrogen-bond donors (Lipinski definition) is 0. The molecule has 23 heavy (non-hydrogen) atoms. The van der Waals surface area contributed by atoms with Crippen LogP contribution in [0, 0.1) is 5.92 Å². The van der Waals surface area contributed by atoms with Crippen LogP contribution >= 0.6 is 11.6 Å². The summed E-state index contributed by atoms with van der Waals surface area (Å²) in [6.45, 7) is 8.30. The molecule has 1 saturated heterocycles. The Bertz CT molecular complexity index is 649. The number of hydrogen-bond acceptors (Lipinski definition) is 3. The van der Waals surface area contributed by atoms with E-state index in [1.54, 1.807) is 4.90 Å². The van der Waals surface area contributed by atoms with E-state index in [-0.39, 0.29) is 6.09 Å². The first kappa shape index (κ1) is 15.1. The lowest BCUT2D eigenvalue weighted by atomic mass is 9.97. The van der Waals surface area contributed by atoms with Gasteiger partial charge in [0, 0.05) is 30.3 Å². The predicted molar refractivity (Wildman–Crippen MR) is 91.2 cm³/mol. The number of ether oxygens (including phenoxy) is 1. The number of likely N-dealkylation sites (tertiary alicyclic amines) is 1. The lowest BCUT2D eigenvalue weighted by Gasteiger charge is -2.48. The number of halogens is 1. The molecule has 0 radical (unpaired) electrons. The van der Waals surface area contributed by atoms with Gasteiger partial charge in [0.25, 0.3) is 0 Å². The van der Waals surface area contributed by atoms with Crippen LogP contribution in [0.4, 0.5) is 10.5 Å². The first-order valence-corrected chi connectivity index (χ1v) is 8.73. The maximum atomic E-state index is 12.1. The fourth-order valence-corrected chi connectivity index (χ4v) is 3.92. The van der Waals surface area contributed by atoms with Gasteiger partial charge in [-0.1, -0.05) is 11.6 Å². The molecule has 4 rings (SSSR count). The summed E-state index contributed by atoms with van der Waals surface area (Å²) in [4.78, 5) is 16.4. The Morgan fingerprint density at radius 1 is 1.26 bits per heavy atom. The van der Waals surface area contributed by atoms with Crippen molar-refractivity contribution in [2.45, 2.75) is 44.8 Å². The number of carbonyl (C=O) groups excluding carboxylic acids is 1. The molecule has 2 fully saturated rings. The number of amides is 1. The van der Waals surface area contributed by atoms with E-state index in [4.69, 9.17) is 16.3 Å². The highest BCUT2D eigenvalue weighted by Crippen LogP contribution is 2.55. The zero-order valence-electron chi connectivity index (χ0n) is 13.9. The van der Waals surface area contributed by atoms with Crippen LogP contribution < -0.4 is 4.90 Å². The SMILES string of the molecule is CC(C)(C)OC(=O)N1CC(N2CC3CC3c3cc(Cl)ccc32)C1. The summed E-state index contributed by atoms with van der Waals surface area (Å²) in [6, 6.07) is 6.63. The zero-order valence-corrected chi connectivity index (χ0v) is 14.6. The van der Waals surface area contributed by atoms with Gasteiger partial charge in [-0.05, 0) is 62.8 Å². The van der Waals surface area contributed by atoms with E-state index in [2.05, 4.69) is 17.0 Å². The summed E-state index contributed by atoms with van der Waals surface area (Å²) in [5.74, 6) is 1.46. The number of anilines is 1. The fraction of sp³-hybridized carbons (Fsp3) is 0.611. The average molecular weight is 335 g/mol. The molecule has 3 aliphatic rings. The van der Waals surface area contributed by atoms with Crippen LogP contribution in [0.25, 0.3) is 0 Å². The van der Waals surface area contributed by atoms with E-state index < -0.39 is 5.60 Å². The quantitative estimate of drug-likeness (QED) is 0.781. The molecule has 124 valence electrons. The monoisotopic (exact) mass is 334 g/mol. The van der Waals surface area contributed by atoms with E-state index in [1.807, 2.05) is 26.8 Å². The summed E-state index contributed by atoms with van der Waals surface area (Å²) in [6.07, 6.45) is 1.07. The molecular weight excluding hydrogens is 312 g/mol. The van der Waals surface area contributed by atoms with Gasteiger partial charge < -0.3 is 14.5 Å². The van der Waals surface area contributed by atoms with E-state index in [0.29, 0.717) is 12.0 Å². The summed E-state index contributed by atoms with van der Waals surface area (Å²) in [5.41, 5.74) is 2.27. The van der Waals surface area contributed by atoms with E-state index in [0.717, 1.165) is 30.6 Å². The Morgan fingerprint density at radius 3 is 2.70 bits per heavy atom. The topological polar surface area (TPSA) is 32.8 Å². The maximum absolute atomic E-state index is 12.1. The van der Waals surface area contributed by atoms with Crippen LogP contribution in [0.1, 0.15) is 38.7 Å². The Labute approximate surface area is 142 Å². The smallest absolute Gasteiger partial charge is 0.410 e. The molecule has 4 nitrogen and oxygen atoms in total. The molecule has 1 amide bonds. The first-order valence-electron chi connectivity index (χ1n) is 8.36. The van der Waals surface area contributed by atoms with Gasteiger partial charge in [0.2, 0.25) is 0 Å². The fourth-order valence-electron chi connectivity index (χ4n) is 3.74. The molecular formula is C18H23ClN2O2. The minimum absolute atomic E-state index is 0.202. The van der Waals surface area contributed by atoms with Crippen molar-refractivity contribution in [3.05, 3.63) is 28.8 Å². The summed E-state index contributed by atoms with van der Waals surface area (Å²) in [7, 11) is 0. The summed E-state index contributed by atoms with van der Waals surface area (Å²) in [5, 5.41) is 0.820. The summed E-state index contributed by atoms with van der Waals surface area (Å²) >= 11 is 6.17. The van der Waals surface area contributed by atoms with Crippen LogP contribution in [-0.4, -0.2) is 42.3 Å². The lowest BCUT2D eigenvalue weighted by Crippen LogP contribution is -2.62. The molecule has 2 heterocycles. The minimum atomic E-state index is -0.433. The highest BCUT2D eigenvalue weighted by molar-refractivity contribution is 6.30. The largest absolute Gasteiger partial charge is 0.444 e. The first-order chi connectivity index (χ1) is 10.8. The van der Waals surface area contributed by atoms with Gasteiger partial charge >= 0.3 is 6.09 Å². The Hall–Kier alpha value is -1.42. The van der Waals surface area contributed by atoms with Crippen molar-refractivity contribution in [2.75, 3.05) is 24.5 Å². The molecule has 2 atom stereocenters. The third-order valence-electron chi connectivity index (χ3n) is 5.01. The van der Waals surface area contributed by atoms with E-state index in [1.165, 1.54) is 17.7 Å². The number of nitrogens with zero attached hydrogens (tertiary/aromatic N) is 2.